The van der Waals surface area contributed by atoms with Gasteiger partial charge in [0.1, 0.15) is 41.0 Å². The van der Waals surface area contributed by atoms with E-state index in [0.29, 0.717) is 62.8 Å². The quantitative estimate of drug-likeness (QED) is 0.0783. The minimum absolute atomic E-state index is 0.0436. The fraction of sp³-hybridized carbons (Fsp3) is 0.500. The first-order chi connectivity index (χ1) is 31.1. The number of aromatic nitrogens is 4. The number of carbonyl (C=O) groups is 1. The first kappa shape index (κ1) is 43.5. The monoisotopic (exact) mass is 872 g/mol. The van der Waals surface area contributed by atoms with Gasteiger partial charge in [-0.3, -0.25) is 9.88 Å². The van der Waals surface area contributed by atoms with Crippen molar-refractivity contribution in [3.8, 4) is 28.9 Å². The van der Waals surface area contributed by atoms with Gasteiger partial charge in [0.15, 0.2) is 5.82 Å². The molecule has 5 aromatic rings. The van der Waals surface area contributed by atoms with E-state index in [-0.39, 0.29) is 40.7 Å². The molecule has 1 aliphatic carbocycles. The number of halogens is 1. The molecule has 4 fully saturated rings. The van der Waals surface area contributed by atoms with Crippen molar-refractivity contribution in [3.05, 3.63) is 88.9 Å². The van der Waals surface area contributed by atoms with Gasteiger partial charge in [-0.2, -0.15) is 9.97 Å². The molecule has 0 bridgehead atoms. The zero-order valence-corrected chi connectivity index (χ0v) is 37.9. The van der Waals surface area contributed by atoms with E-state index in [1.54, 1.807) is 25.3 Å². The zero-order chi connectivity index (χ0) is 44.4. The Morgan fingerprint density at radius 1 is 0.906 bits per heavy atom. The number of nitrogens with zero attached hydrogens (tertiary/aromatic N) is 8. The van der Waals surface area contributed by atoms with Crippen LogP contribution in [0.25, 0.3) is 22.3 Å². The highest BCUT2D eigenvalue weighted by atomic mass is 19.1. The Labute approximate surface area is 375 Å². The topological polar surface area (TPSA) is 119 Å². The minimum atomic E-state index is -0.548. The van der Waals surface area contributed by atoms with Crippen LogP contribution in [0.15, 0.2) is 60.8 Å². The van der Waals surface area contributed by atoms with Crippen molar-refractivity contribution in [2.75, 3.05) is 77.0 Å². The van der Waals surface area contributed by atoms with E-state index in [0.717, 1.165) is 104 Å². The van der Waals surface area contributed by atoms with Gasteiger partial charge < -0.3 is 33.6 Å². The van der Waals surface area contributed by atoms with Crippen LogP contribution in [0.2, 0.25) is 0 Å². The standard InChI is InChI=1S/C50H61FN8O5/c1-6-7-24-63-49(60)58-30-36(31-58)27-56(3)47-40-26-52-46(43(51)44(40)54-48(55-47)64-32-50-20-8-22-59(50)23-9-21-50)45-42(37-14-15-37)33(2)25-41(53-45)57(28-34-10-16-38(61-4)17-11-34)29-35-12-18-39(62-5)19-13-35/h10-13,16-19,25-26,36-37H,6-9,14-15,20-24,27-32H2,1-5H3. The number of benzene rings is 2. The average molecular weight is 873 g/mol. The van der Waals surface area contributed by atoms with Gasteiger partial charge in [-0.25, -0.2) is 14.2 Å². The van der Waals surface area contributed by atoms with Crippen molar-refractivity contribution >= 4 is 28.6 Å². The number of pyridine rings is 2. The third-order valence-corrected chi connectivity index (χ3v) is 13.6. The van der Waals surface area contributed by atoms with Crippen LogP contribution in [0, 0.1) is 18.7 Å². The van der Waals surface area contributed by atoms with E-state index in [9.17, 15) is 4.79 Å². The van der Waals surface area contributed by atoms with Crippen molar-refractivity contribution in [1.82, 2.24) is 29.7 Å². The maximum absolute atomic E-state index is 17.7. The molecule has 3 saturated heterocycles. The van der Waals surface area contributed by atoms with Gasteiger partial charge in [-0.15, -0.1) is 0 Å². The number of anilines is 2. The number of unbranched alkanes of at least 4 members (excludes halogenated alkanes) is 1. The fourth-order valence-corrected chi connectivity index (χ4v) is 9.92. The number of hydrogen-bond donors (Lipinski definition) is 0. The molecule has 2 aromatic carbocycles. The van der Waals surface area contributed by atoms with Crippen LogP contribution < -0.4 is 24.0 Å². The van der Waals surface area contributed by atoms with E-state index in [2.05, 4.69) is 54.0 Å². The first-order valence-electron chi connectivity index (χ1n) is 23.0. The fourth-order valence-electron chi connectivity index (χ4n) is 9.92. The van der Waals surface area contributed by atoms with Crippen LogP contribution >= 0.6 is 0 Å². The van der Waals surface area contributed by atoms with Crippen LogP contribution in [0.4, 0.5) is 20.8 Å². The second-order valence-corrected chi connectivity index (χ2v) is 18.2. The molecule has 1 amide bonds. The number of likely N-dealkylation sites (tertiary alicyclic amines) is 1. The Kier molecular flexibility index (Phi) is 12.7. The van der Waals surface area contributed by atoms with Gasteiger partial charge >= 0.3 is 12.1 Å². The predicted molar refractivity (Wildman–Crippen MR) is 246 cm³/mol. The third kappa shape index (κ3) is 9.11. The summed E-state index contributed by atoms with van der Waals surface area (Å²) in [4.78, 5) is 41.2. The Morgan fingerprint density at radius 3 is 2.17 bits per heavy atom. The number of aryl methyl sites for hydroxylation is 1. The lowest BCUT2D eigenvalue weighted by atomic mass is 9.95. The molecule has 0 unspecified atom stereocenters. The van der Waals surface area contributed by atoms with Crippen LogP contribution in [-0.4, -0.2) is 109 Å². The molecule has 6 heterocycles. The molecular formula is C50H61FN8O5. The largest absolute Gasteiger partial charge is 0.497 e. The Balaban J connectivity index is 1.08. The summed E-state index contributed by atoms with van der Waals surface area (Å²) >= 11 is 0. The molecule has 64 heavy (non-hydrogen) atoms. The molecule has 0 atom stereocenters. The molecule has 13 nitrogen and oxygen atoms in total. The maximum Gasteiger partial charge on any atom is 0.409 e. The van der Waals surface area contributed by atoms with E-state index in [1.165, 1.54) is 0 Å². The Bertz CT molecular complexity index is 2380. The molecule has 14 heteroatoms. The van der Waals surface area contributed by atoms with E-state index in [4.69, 9.17) is 38.9 Å². The zero-order valence-electron chi connectivity index (χ0n) is 37.9. The maximum atomic E-state index is 17.7. The molecule has 3 aliphatic heterocycles. The summed E-state index contributed by atoms with van der Waals surface area (Å²) in [5.74, 6) is 2.74. The SMILES string of the molecule is CCCCOC(=O)N1CC(CN(C)c2nc(OCC34CCCN3CCC4)nc3c(F)c(-c4nc(N(Cc5ccc(OC)cc5)Cc5ccc(OC)cc5)cc(C)c4C4CC4)ncc23)C1. The van der Waals surface area contributed by atoms with Crippen molar-refractivity contribution in [2.24, 2.45) is 5.92 Å². The molecule has 0 N–H and O–H groups in total. The molecule has 9 rings (SSSR count). The van der Waals surface area contributed by atoms with E-state index in [1.807, 2.05) is 36.2 Å². The van der Waals surface area contributed by atoms with Crippen LogP contribution in [0.3, 0.4) is 0 Å². The average Bonchev–Trinajstić information content (AvgIpc) is 3.93. The van der Waals surface area contributed by atoms with E-state index < -0.39 is 5.82 Å². The highest BCUT2D eigenvalue weighted by Gasteiger charge is 2.45. The predicted octanol–water partition coefficient (Wildman–Crippen LogP) is 8.95. The summed E-state index contributed by atoms with van der Waals surface area (Å²) in [6.45, 7) is 10.0. The number of methoxy groups -OCH3 is 2. The minimum Gasteiger partial charge on any atom is -0.497 e. The number of amides is 1. The van der Waals surface area contributed by atoms with Gasteiger partial charge in [0.05, 0.1) is 37.4 Å². The normalized spacial score (nSPS) is 17.0. The molecular weight excluding hydrogens is 812 g/mol. The second kappa shape index (κ2) is 18.8. The van der Waals surface area contributed by atoms with Crippen molar-refractivity contribution < 1.29 is 28.1 Å². The summed E-state index contributed by atoms with van der Waals surface area (Å²) in [7, 11) is 5.28. The second-order valence-electron chi connectivity index (χ2n) is 18.2. The highest BCUT2D eigenvalue weighted by Crippen LogP contribution is 2.47. The lowest BCUT2D eigenvalue weighted by Crippen LogP contribution is -2.53. The van der Waals surface area contributed by atoms with Crippen molar-refractivity contribution in [1.29, 1.82) is 0 Å². The van der Waals surface area contributed by atoms with Gasteiger partial charge in [0.2, 0.25) is 0 Å². The molecule has 3 aromatic heterocycles. The molecule has 4 aliphatic rings. The number of ether oxygens (including phenoxy) is 4. The van der Waals surface area contributed by atoms with Crippen LogP contribution in [-0.2, 0) is 17.8 Å². The molecule has 1 saturated carbocycles. The number of fused-ring (bicyclic) bond motifs is 2. The van der Waals surface area contributed by atoms with E-state index >= 15 is 4.39 Å². The third-order valence-electron chi connectivity index (χ3n) is 13.6. The lowest BCUT2D eigenvalue weighted by molar-refractivity contribution is 0.0552. The molecule has 0 radical (unpaired) electrons. The summed E-state index contributed by atoms with van der Waals surface area (Å²) in [6, 6.07) is 18.4. The van der Waals surface area contributed by atoms with Crippen molar-refractivity contribution in [3.63, 3.8) is 0 Å². The Morgan fingerprint density at radius 2 is 1.56 bits per heavy atom. The van der Waals surface area contributed by atoms with Gasteiger partial charge in [0, 0.05) is 51.9 Å². The summed E-state index contributed by atoms with van der Waals surface area (Å²) < 4.78 is 40.6. The van der Waals surface area contributed by atoms with Crippen LogP contribution in [0.5, 0.6) is 17.5 Å². The first-order valence-corrected chi connectivity index (χ1v) is 23.0. The van der Waals surface area contributed by atoms with Gasteiger partial charge in [0.25, 0.3) is 0 Å². The van der Waals surface area contributed by atoms with Gasteiger partial charge in [-0.1, -0.05) is 37.6 Å². The van der Waals surface area contributed by atoms with Crippen molar-refractivity contribution in [2.45, 2.75) is 89.8 Å². The number of hydrogen-bond acceptors (Lipinski definition) is 12. The van der Waals surface area contributed by atoms with Crippen LogP contribution in [0.1, 0.15) is 86.5 Å². The summed E-state index contributed by atoms with van der Waals surface area (Å²) in [5, 5.41) is 0.495. The summed E-state index contributed by atoms with van der Waals surface area (Å²) in [5.41, 5.74) is 5.04. The molecule has 338 valence electrons. The highest BCUT2D eigenvalue weighted by molar-refractivity contribution is 5.92. The lowest BCUT2D eigenvalue weighted by Gasteiger charge is -2.40. The Hall–Kier alpha value is -5.76. The number of carbonyl (C=O) groups excluding carboxylic acids is 1. The summed E-state index contributed by atoms with van der Waals surface area (Å²) in [6.07, 6.45) is 9.65. The molecule has 0 spiro atoms. The van der Waals surface area contributed by atoms with Gasteiger partial charge in [-0.05, 0) is 123 Å². The smallest absolute Gasteiger partial charge is 0.409 e. The number of rotatable bonds is 18.